The van der Waals surface area contributed by atoms with Crippen LogP contribution in [0.5, 0.6) is 0 Å². The van der Waals surface area contributed by atoms with E-state index in [0.717, 1.165) is 24.4 Å². The van der Waals surface area contributed by atoms with E-state index in [2.05, 4.69) is 26.1 Å². The number of rotatable bonds is 5. The molecule has 1 rings (SSSR count). The van der Waals surface area contributed by atoms with Gasteiger partial charge in [0, 0.05) is 19.2 Å². The molecule has 0 aliphatic heterocycles. The third-order valence-electron chi connectivity index (χ3n) is 3.18. The second kappa shape index (κ2) is 4.97. The first kappa shape index (κ1) is 11.0. The molecule has 2 heteroatoms. The van der Waals surface area contributed by atoms with Crippen molar-refractivity contribution >= 4 is 0 Å². The number of hydrogen-bond acceptors (Lipinski definition) is 2. The lowest BCUT2D eigenvalue weighted by atomic mass is 9.73. The molecular formula is C11H23NO. The quantitative estimate of drug-likeness (QED) is 0.682. The Bertz CT molecular complexity index is 141. The zero-order chi connectivity index (χ0) is 9.84. The zero-order valence-electron chi connectivity index (χ0n) is 9.09. The van der Waals surface area contributed by atoms with Gasteiger partial charge >= 0.3 is 0 Å². The SMILES string of the molecule is CC(CO)CNC1CC(C(C)C)C1. The fraction of sp³-hybridized carbons (Fsp3) is 1.00. The molecule has 1 saturated carbocycles. The van der Waals surface area contributed by atoms with Crippen molar-refractivity contribution in [3.63, 3.8) is 0 Å². The van der Waals surface area contributed by atoms with Crippen LogP contribution in [-0.2, 0) is 0 Å². The molecule has 0 radical (unpaired) electrons. The van der Waals surface area contributed by atoms with Crippen LogP contribution in [0.25, 0.3) is 0 Å². The summed E-state index contributed by atoms with van der Waals surface area (Å²) in [7, 11) is 0. The Labute approximate surface area is 81.7 Å². The van der Waals surface area contributed by atoms with E-state index in [-0.39, 0.29) is 0 Å². The minimum absolute atomic E-state index is 0.299. The molecule has 1 fully saturated rings. The Morgan fingerprint density at radius 3 is 2.38 bits per heavy atom. The van der Waals surface area contributed by atoms with E-state index < -0.39 is 0 Å². The summed E-state index contributed by atoms with van der Waals surface area (Å²) < 4.78 is 0. The summed E-state index contributed by atoms with van der Waals surface area (Å²) >= 11 is 0. The number of hydrogen-bond donors (Lipinski definition) is 2. The maximum atomic E-state index is 8.84. The summed E-state index contributed by atoms with van der Waals surface area (Å²) in [6.07, 6.45) is 2.66. The van der Waals surface area contributed by atoms with Crippen LogP contribution in [0.1, 0.15) is 33.6 Å². The first-order chi connectivity index (χ1) is 6.13. The predicted molar refractivity (Wildman–Crippen MR) is 55.6 cm³/mol. The van der Waals surface area contributed by atoms with E-state index in [1.807, 2.05) is 0 Å². The van der Waals surface area contributed by atoms with Gasteiger partial charge in [0.25, 0.3) is 0 Å². The molecule has 2 N–H and O–H groups in total. The molecule has 0 aromatic carbocycles. The fourth-order valence-corrected chi connectivity index (χ4v) is 1.81. The van der Waals surface area contributed by atoms with E-state index in [4.69, 9.17) is 5.11 Å². The minimum atomic E-state index is 0.299. The van der Waals surface area contributed by atoms with Gasteiger partial charge in [-0.25, -0.2) is 0 Å². The Morgan fingerprint density at radius 2 is 1.92 bits per heavy atom. The van der Waals surface area contributed by atoms with Crippen molar-refractivity contribution in [2.45, 2.75) is 39.7 Å². The van der Waals surface area contributed by atoms with Gasteiger partial charge in [-0.05, 0) is 30.6 Å². The highest BCUT2D eigenvalue weighted by atomic mass is 16.3. The zero-order valence-corrected chi connectivity index (χ0v) is 9.09. The third-order valence-corrected chi connectivity index (χ3v) is 3.18. The van der Waals surface area contributed by atoms with Gasteiger partial charge in [0.2, 0.25) is 0 Å². The summed E-state index contributed by atoms with van der Waals surface area (Å²) in [5, 5.41) is 12.3. The van der Waals surface area contributed by atoms with Crippen LogP contribution in [0.3, 0.4) is 0 Å². The van der Waals surface area contributed by atoms with Gasteiger partial charge in [-0.15, -0.1) is 0 Å². The number of nitrogens with one attached hydrogen (secondary N) is 1. The first-order valence-corrected chi connectivity index (χ1v) is 5.47. The van der Waals surface area contributed by atoms with Crippen molar-refractivity contribution in [2.24, 2.45) is 17.8 Å². The summed E-state index contributed by atoms with van der Waals surface area (Å²) in [5.74, 6) is 2.17. The maximum Gasteiger partial charge on any atom is 0.0468 e. The van der Waals surface area contributed by atoms with Crippen LogP contribution >= 0.6 is 0 Å². The number of aliphatic hydroxyl groups excluding tert-OH is 1. The Morgan fingerprint density at radius 1 is 1.31 bits per heavy atom. The highest BCUT2D eigenvalue weighted by Gasteiger charge is 2.30. The van der Waals surface area contributed by atoms with Gasteiger partial charge in [0.15, 0.2) is 0 Å². The van der Waals surface area contributed by atoms with Crippen molar-refractivity contribution in [3.8, 4) is 0 Å². The van der Waals surface area contributed by atoms with Crippen molar-refractivity contribution in [1.29, 1.82) is 0 Å². The highest BCUT2D eigenvalue weighted by Crippen LogP contribution is 2.33. The smallest absolute Gasteiger partial charge is 0.0468 e. The Kier molecular flexibility index (Phi) is 4.20. The molecule has 1 unspecified atom stereocenters. The van der Waals surface area contributed by atoms with Crippen LogP contribution in [-0.4, -0.2) is 24.3 Å². The summed E-state index contributed by atoms with van der Waals surface area (Å²) in [6.45, 7) is 7.94. The molecule has 0 spiro atoms. The fourth-order valence-electron chi connectivity index (χ4n) is 1.81. The monoisotopic (exact) mass is 185 g/mol. The molecular weight excluding hydrogens is 162 g/mol. The molecule has 2 nitrogen and oxygen atoms in total. The van der Waals surface area contributed by atoms with E-state index >= 15 is 0 Å². The van der Waals surface area contributed by atoms with Gasteiger partial charge in [0.05, 0.1) is 0 Å². The van der Waals surface area contributed by atoms with Crippen molar-refractivity contribution < 1.29 is 5.11 Å². The normalized spacial score (nSPS) is 30.2. The molecule has 0 aromatic heterocycles. The maximum absolute atomic E-state index is 8.84. The van der Waals surface area contributed by atoms with Crippen LogP contribution in [0, 0.1) is 17.8 Å². The van der Waals surface area contributed by atoms with E-state index in [9.17, 15) is 0 Å². The molecule has 78 valence electrons. The Hall–Kier alpha value is -0.0800. The van der Waals surface area contributed by atoms with E-state index in [1.165, 1.54) is 12.8 Å². The van der Waals surface area contributed by atoms with Gasteiger partial charge in [-0.2, -0.15) is 0 Å². The molecule has 1 aliphatic carbocycles. The average Bonchev–Trinajstić information content (AvgIpc) is 2.00. The largest absolute Gasteiger partial charge is 0.396 e. The van der Waals surface area contributed by atoms with Crippen molar-refractivity contribution in [2.75, 3.05) is 13.2 Å². The standard InChI is InChI=1S/C11H23NO/c1-8(2)10-4-11(5-10)12-6-9(3)7-13/h8-13H,4-7H2,1-3H3. The van der Waals surface area contributed by atoms with Gasteiger partial charge in [0.1, 0.15) is 0 Å². The van der Waals surface area contributed by atoms with Crippen LogP contribution in [0.4, 0.5) is 0 Å². The van der Waals surface area contributed by atoms with Crippen molar-refractivity contribution in [1.82, 2.24) is 5.32 Å². The molecule has 1 aliphatic rings. The topological polar surface area (TPSA) is 32.3 Å². The third kappa shape index (κ3) is 3.28. The summed E-state index contributed by atoms with van der Waals surface area (Å²) in [5.41, 5.74) is 0. The minimum Gasteiger partial charge on any atom is -0.396 e. The van der Waals surface area contributed by atoms with E-state index in [0.29, 0.717) is 12.5 Å². The van der Waals surface area contributed by atoms with Crippen LogP contribution in [0.2, 0.25) is 0 Å². The van der Waals surface area contributed by atoms with Gasteiger partial charge in [-0.1, -0.05) is 20.8 Å². The lowest BCUT2D eigenvalue weighted by Gasteiger charge is -2.39. The number of aliphatic hydroxyl groups is 1. The molecule has 0 saturated heterocycles. The van der Waals surface area contributed by atoms with Crippen LogP contribution < -0.4 is 5.32 Å². The molecule has 0 bridgehead atoms. The second-order valence-electron chi connectivity index (χ2n) is 4.87. The lowest BCUT2D eigenvalue weighted by molar-refractivity contribution is 0.155. The Balaban J connectivity index is 2.02. The summed E-state index contributed by atoms with van der Waals surface area (Å²) in [6, 6.07) is 0.724. The van der Waals surface area contributed by atoms with Crippen LogP contribution in [0.15, 0.2) is 0 Å². The van der Waals surface area contributed by atoms with Gasteiger partial charge in [-0.3, -0.25) is 0 Å². The summed E-state index contributed by atoms with van der Waals surface area (Å²) in [4.78, 5) is 0. The van der Waals surface area contributed by atoms with Crippen molar-refractivity contribution in [3.05, 3.63) is 0 Å². The molecule has 0 heterocycles. The molecule has 13 heavy (non-hydrogen) atoms. The average molecular weight is 185 g/mol. The van der Waals surface area contributed by atoms with E-state index in [1.54, 1.807) is 0 Å². The second-order valence-corrected chi connectivity index (χ2v) is 4.87. The molecule has 0 aromatic rings. The lowest BCUT2D eigenvalue weighted by Crippen LogP contribution is -2.44. The predicted octanol–water partition coefficient (Wildman–Crippen LogP) is 1.64. The molecule has 1 atom stereocenters. The first-order valence-electron chi connectivity index (χ1n) is 5.47. The highest BCUT2D eigenvalue weighted by molar-refractivity contribution is 4.86. The molecule has 0 amide bonds. The van der Waals surface area contributed by atoms with Gasteiger partial charge < -0.3 is 10.4 Å².